The largest absolute Gasteiger partial charge is 0.493 e. The van der Waals surface area contributed by atoms with Gasteiger partial charge in [-0.1, -0.05) is 38.9 Å². The van der Waals surface area contributed by atoms with Crippen molar-refractivity contribution in [1.29, 1.82) is 0 Å². The molecular formula is C23H36N4O3. The number of nitrogens with zero attached hydrogens (tertiary/aromatic N) is 2. The van der Waals surface area contributed by atoms with E-state index < -0.39 is 0 Å². The summed E-state index contributed by atoms with van der Waals surface area (Å²) in [6.45, 7) is 9.92. The molecule has 0 spiro atoms. The molecule has 0 saturated heterocycles. The van der Waals surface area contributed by atoms with Crippen LogP contribution >= 0.6 is 0 Å². The normalized spacial score (nSPS) is 12.2. The Morgan fingerprint density at radius 2 is 1.80 bits per heavy atom. The summed E-state index contributed by atoms with van der Waals surface area (Å²) < 4.78 is 16.3. The molecule has 30 heavy (non-hydrogen) atoms. The van der Waals surface area contributed by atoms with Crippen LogP contribution in [0.2, 0.25) is 0 Å². The van der Waals surface area contributed by atoms with Gasteiger partial charge in [-0.2, -0.15) is 0 Å². The molecule has 1 aromatic carbocycles. The summed E-state index contributed by atoms with van der Waals surface area (Å²) in [5.74, 6) is 3.41. The summed E-state index contributed by atoms with van der Waals surface area (Å²) in [5, 5.41) is 10.9. The first-order valence-corrected chi connectivity index (χ1v) is 10.5. The molecule has 7 heteroatoms. The number of rotatable bonds is 10. The fraction of sp³-hybridized carbons (Fsp3) is 0.565. The van der Waals surface area contributed by atoms with Gasteiger partial charge in [0.15, 0.2) is 23.2 Å². The molecule has 1 heterocycles. The summed E-state index contributed by atoms with van der Waals surface area (Å²) in [6.07, 6.45) is 2.12. The lowest BCUT2D eigenvalue weighted by molar-refractivity contribution is 0.353. The van der Waals surface area contributed by atoms with Gasteiger partial charge in [0.25, 0.3) is 0 Å². The van der Waals surface area contributed by atoms with Gasteiger partial charge in [0.2, 0.25) is 0 Å². The van der Waals surface area contributed by atoms with Crippen LogP contribution in [0, 0.1) is 0 Å². The van der Waals surface area contributed by atoms with Crippen molar-refractivity contribution in [3.63, 3.8) is 0 Å². The minimum Gasteiger partial charge on any atom is -0.493 e. The predicted molar refractivity (Wildman–Crippen MR) is 121 cm³/mol. The van der Waals surface area contributed by atoms with E-state index in [0.29, 0.717) is 25.0 Å². The molecular weight excluding hydrogens is 380 g/mol. The van der Waals surface area contributed by atoms with Gasteiger partial charge in [0.05, 0.1) is 26.5 Å². The SMILES string of the molecule is CCC(CC)c1cc(CNC(=NC)NCC(C)(C)c2ccc(OC)c(OC)c2)on1. The number of aromatic nitrogens is 1. The van der Waals surface area contributed by atoms with Crippen molar-refractivity contribution in [3.8, 4) is 11.5 Å². The van der Waals surface area contributed by atoms with Gasteiger partial charge in [-0.15, -0.1) is 0 Å². The zero-order valence-electron chi connectivity index (χ0n) is 19.3. The zero-order chi connectivity index (χ0) is 22.1. The average molecular weight is 417 g/mol. The van der Waals surface area contributed by atoms with Crippen LogP contribution in [0.15, 0.2) is 33.8 Å². The summed E-state index contributed by atoms with van der Waals surface area (Å²) >= 11 is 0. The lowest BCUT2D eigenvalue weighted by atomic mass is 9.84. The number of hydrogen-bond donors (Lipinski definition) is 2. The van der Waals surface area contributed by atoms with Crippen molar-refractivity contribution in [2.24, 2.45) is 4.99 Å². The topological polar surface area (TPSA) is 80.9 Å². The molecule has 0 aliphatic heterocycles. The Labute approximate surface area is 180 Å². The quantitative estimate of drug-likeness (QED) is 0.445. The number of methoxy groups -OCH3 is 2. The Kier molecular flexibility index (Phi) is 8.57. The molecule has 0 atom stereocenters. The van der Waals surface area contributed by atoms with E-state index in [1.54, 1.807) is 21.3 Å². The molecule has 1 aromatic heterocycles. The minimum atomic E-state index is -0.147. The molecule has 2 rings (SSSR count). The highest BCUT2D eigenvalue weighted by Gasteiger charge is 2.23. The Balaban J connectivity index is 1.96. The molecule has 7 nitrogen and oxygen atoms in total. The van der Waals surface area contributed by atoms with Gasteiger partial charge in [0.1, 0.15) is 0 Å². The molecule has 0 fully saturated rings. The second-order valence-electron chi connectivity index (χ2n) is 7.96. The minimum absolute atomic E-state index is 0.147. The first kappa shape index (κ1) is 23.6. The third-order valence-corrected chi connectivity index (χ3v) is 5.50. The molecule has 2 N–H and O–H groups in total. The number of nitrogens with one attached hydrogen (secondary N) is 2. The standard InChI is InChI=1S/C23H36N4O3/c1-8-16(9-2)19-13-18(30-27-19)14-25-22(24-5)26-15-23(3,4)17-10-11-20(28-6)21(12-17)29-7/h10-13,16H,8-9,14-15H2,1-7H3,(H2,24,25,26). The predicted octanol–water partition coefficient (Wildman–Crippen LogP) is 4.24. The second kappa shape index (κ2) is 10.9. The second-order valence-corrected chi connectivity index (χ2v) is 7.96. The van der Waals surface area contributed by atoms with E-state index in [0.717, 1.165) is 41.4 Å². The number of guanidine groups is 1. The Morgan fingerprint density at radius 3 is 2.40 bits per heavy atom. The molecule has 166 valence electrons. The van der Waals surface area contributed by atoms with Crippen LogP contribution in [0.5, 0.6) is 11.5 Å². The molecule has 2 aromatic rings. The van der Waals surface area contributed by atoms with Gasteiger partial charge in [-0.05, 0) is 30.5 Å². The number of ether oxygens (including phenoxy) is 2. The smallest absolute Gasteiger partial charge is 0.191 e. The summed E-state index contributed by atoms with van der Waals surface area (Å²) in [7, 11) is 5.05. The summed E-state index contributed by atoms with van der Waals surface area (Å²) in [5.41, 5.74) is 2.02. The summed E-state index contributed by atoms with van der Waals surface area (Å²) in [4.78, 5) is 4.32. The highest BCUT2D eigenvalue weighted by molar-refractivity contribution is 5.79. The Hall–Kier alpha value is -2.70. The van der Waals surface area contributed by atoms with E-state index in [9.17, 15) is 0 Å². The maximum atomic E-state index is 5.49. The van der Waals surface area contributed by atoms with E-state index in [4.69, 9.17) is 14.0 Å². The molecule has 0 saturated carbocycles. The lowest BCUT2D eigenvalue weighted by Crippen LogP contribution is -2.43. The summed E-state index contributed by atoms with van der Waals surface area (Å²) in [6, 6.07) is 8.05. The van der Waals surface area contributed by atoms with Crippen molar-refractivity contribution in [2.75, 3.05) is 27.8 Å². The number of hydrogen-bond acceptors (Lipinski definition) is 5. The lowest BCUT2D eigenvalue weighted by Gasteiger charge is -2.27. The molecule has 0 bridgehead atoms. The molecule has 0 radical (unpaired) electrons. The van der Waals surface area contributed by atoms with Gasteiger partial charge < -0.3 is 24.6 Å². The van der Waals surface area contributed by atoms with Crippen molar-refractivity contribution < 1.29 is 14.0 Å². The van der Waals surface area contributed by atoms with Crippen LogP contribution in [0.4, 0.5) is 0 Å². The first-order chi connectivity index (χ1) is 14.4. The maximum Gasteiger partial charge on any atom is 0.191 e. The monoisotopic (exact) mass is 416 g/mol. The van der Waals surface area contributed by atoms with Crippen molar-refractivity contribution in [1.82, 2.24) is 15.8 Å². The van der Waals surface area contributed by atoms with E-state index in [1.165, 1.54) is 0 Å². The van der Waals surface area contributed by atoms with E-state index in [1.807, 2.05) is 18.2 Å². The third kappa shape index (κ3) is 5.90. The van der Waals surface area contributed by atoms with Crippen LogP contribution in [-0.2, 0) is 12.0 Å². The van der Waals surface area contributed by atoms with Crippen molar-refractivity contribution in [2.45, 2.75) is 58.4 Å². The third-order valence-electron chi connectivity index (χ3n) is 5.50. The van der Waals surface area contributed by atoms with Crippen LogP contribution < -0.4 is 20.1 Å². The van der Waals surface area contributed by atoms with E-state index in [2.05, 4.69) is 54.5 Å². The molecule has 0 amide bonds. The fourth-order valence-electron chi connectivity index (χ4n) is 3.37. The van der Waals surface area contributed by atoms with Gasteiger partial charge in [-0.3, -0.25) is 4.99 Å². The van der Waals surface area contributed by atoms with E-state index in [-0.39, 0.29) is 5.41 Å². The van der Waals surface area contributed by atoms with Crippen molar-refractivity contribution in [3.05, 3.63) is 41.3 Å². The molecule has 0 aliphatic carbocycles. The average Bonchev–Trinajstić information content (AvgIpc) is 3.22. The first-order valence-electron chi connectivity index (χ1n) is 10.5. The maximum absolute atomic E-state index is 5.49. The van der Waals surface area contributed by atoms with Crippen LogP contribution in [0.25, 0.3) is 0 Å². The fourth-order valence-corrected chi connectivity index (χ4v) is 3.37. The van der Waals surface area contributed by atoms with Crippen molar-refractivity contribution >= 4 is 5.96 Å². The van der Waals surface area contributed by atoms with Gasteiger partial charge in [-0.25, -0.2) is 0 Å². The Bertz CT molecular complexity index is 826. The van der Waals surface area contributed by atoms with E-state index >= 15 is 0 Å². The van der Waals surface area contributed by atoms with Crippen LogP contribution in [0.3, 0.4) is 0 Å². The number of aliphatic imine (C=N–C) groups is 1. The molecule has 0 unspecified atom stereocenters. The van der Waals surface area contributed by atoms with Gasteiger partial charge >= 0.3 is 0 Å². The molecule has 0 aliphatic rings. The van der Waals surface area contributed by atoms with Gasteiger partial charge in [0, 0.05) is 31.0 Å². The highest BCUT2D eigenvalue weighted by Crippen LogP contribution is 2.32. The number of benzene rings is 1. The highest BCUT2D eigenvalue weighted by atomic mass is 16.5. The zero-order valence-corrected chi connectivity index (χ0v) is 19.3. The van der Waals surface area contributed by atoms with Crippen LogP contribution in [-0.4, -0.2) is 38.9 Å². The van der Waals surface area contributed by atoms with Crippen LogP contribution in [0.1, 0.15) is 63.5 Å². The Morgan fingerprint density at radius 1 is 1.10 bits per heavy atom.